The van der Waals surface area contributed by atoms with Gasteiger partial charge in [-0.25, -0.2) is 9.78 Å². The van der Waals surface area contributed by atoms with E-state index in [1.54, 1.807) is 19.0 Å². The Labute approximate surface area is 173 Å². The maximum Gasteiger partial charge on any atom is 0.317 e. The minimum absolute atomic E-state index is 0.0290. The molecule has 0 bridgehead atoms. The first-order valence-corrected chi connectivity index (χ1v) is 11.0. The molecule has 2 saturated carbocycles. The van der Waals surface area contributed by atoms with Crippen molar-refractivity contribution in [3.63, 3.8) is 0 Å². The standard InChI is InChI=1S/C22H33N5O2/c1-26(2)21(28)18-13-16-9-11-27(22(29)24-17-5-3-4-6-17)12-10-19(16)25-20(18)23-14-15-7-8-15/h13,15,17H,3-12,14H2,1-2H3,(H,23,25)(H,24,29). The molecule has 7 heteroatoms. The van der Waals surface area contributed by atoms with Crippen LogP contribution in [0.3, 0.4) is 0 Å². The molecule has 2 fully saturated rings. The Hall–Kier alpha value is -2.31. The number of hydrogen-bond acceptors (Lipinski definition) is 4. The van der Waals surface area contributed by atoms with Crippen LogP contribution in [0.1, 0.15) is 60.1 Å². The number of urea groups is 1. The zero-order chi connectivity index (χ0) is 20.4. The molecule has 1 aliphatic heterocycles. The van der Waals surface area contributed by atoms with E-state index in [0.717, 1.165) is 43.5 Å². The average Bonchev–Trinajstić information content (AvgIpc) is 3.44. The molecule has 0 radical (unpaired) electrons. The summed E-state index contributed by atoms with van der Waals surface area (Å²) in [6.07, 6.45) is 8.55. The third-order valence-corrected chi connectivity index (χ3v) is 6.32. The first-order valence-electron chi connectivity index (χ1n) is 11.0. The zero-order valence-electron chi connectivity index (χ0n) is 17.7. The van der Waals surface area contributed by atoms with Crippen molar-refractivity contribution in [3.05, 3.63) is 22.9 Å². The first-order chi connectivity index (χ1) is 14.0. The number of aromatic nitrogens is 1. The number of carbonyl (C=O) groups is 2. The van der Waals surface area contributed by atoms with Gasteiger partial charge in [0.1, 0.15) is 5.82 Å². The van der Waals surface area contributed by atoms with Gasteiger partial charge in [-0.2, -0.15) is 0 Å². The zero-order valence-corrected chi connectivity index (χ0v) is 17.7. The normalized spacial score (nSPS) is 19.4. The molecular weight excluding hydrogens is 366 g/mol. The van der Waals surface area contributed by atoms with E-state index in [4.69, 9.17) is 4.98 Å². The fraction of sp³-hybridized carbons (Fsp3) is 0.682. The van der Waals surface area contributed by atoms with Crippen LogP contribution in [-0.2, 0) is 12.8 Å². The molecule has 2 heterocycles. The van der Waals surface area contributed by atoms with Gasteiger partial charge in [0.25, 0.3) is 5.91 Å². The van der Waals surface area contributed by atoms with Crippen LogP contribution in [0.25, 0.3) is 0 Å². The molecule has 3 amide bonds. The van der Waals surface area contributed by atoms with Crippen molar-refractivity contribution in [3.8, 4) is 0 Å². The molecule has 2 N–H and O–H groups in total. The lowest BCUT2D eigenvalue weighted by atomic mass is 10.0. The molecule has 0 atom stereocenters. The van der Waals surface area contributed by atoms with E-state index in [1.807, 2.05) is 11.0 Å². The Bertz CT molecular complexity index is 769. The van der Waals surface area contributed by atoms with Crippen LogP contribution in [0.4, 0.5) is 10.6 Å². The maximum absolute atomic E-state index is 12.7. The summed E-state index contributed by atoms with van der Waals surface area (Å²) in [5.74, 6) is 1.37. The monoisotopic (exact) mass is 399 g/mol. The fourth-order valence-electron chi connectivity index (χ4n) is 4.27. The van der Waals surface area contributed by atoms with Crippen LogP contribution in [0.5, 0.6) is 0 Å². The number of pyridine rings is 1. The fourth-order valence-corrected chi connectivity index (χ4v) is 4.27. The topological polar surface area (TPSA) is 77.6 Å². The van der Waals surface area contributed by atoms with E-state index in [1.165, 1.54) is 25.7 Å². The van der Waals surface area contributed by atoms with Gasteiger partial charge >= 0.3 is 6.03 Å². The largest absolute Gasteiger partial charge is 0.369 e. The average molecular weight is 400 g/mol. The molecule has 7 nitrogen and oxygen atoms in total. The Kier molecular flexibility index (Phi) is 5.92. The minimum Gasteiger partial charge on any atom is -0.369 e. The summed E-state index contributed by atoms with van der Waals surface area (Å²) >= 11 is 0. The van der Waals surface area contributed by atoms with Crippen molar-refractivity contribution >= 4 is 17.8 Å². The van der Waals surface area contributed by atoms with E-state index < -0.39 is 0 Å². The quantitative estimate of drug-likeness (QED) is 0.798. The van der Waals surface area contributed by atoms with Gasteiger partial charge in [-0.05, 0) is 49.7 Å². The second-order valence-electron chi connectivity index (χ2n) is 8.93. The van der Waals surface area contributed by atoms with Gasteiger partial charge in [-0.15, -0.1) is 0 Å². The van der Waals surface area contributed by atoms with Crippen LogP contribution in [-0.4, -0.2) is 66.5 Å². The van der Waals surface area contributed by atoms with Crippen LogP contribution >= 0.6 is 0 Å². The number of carbonyl (C=O) groups excluding carboxylic acids is 2. The number of fused-ring (bicyclic) bond motifs is 1. The third kappa shape index (κ3) is 4.82. The summed E-state index contributed by atoms with van der Waals surface area (Å²) in [4.78, 5) is 33.8. The van der Waals surface area contributed by atoms with E-state index >= 15 is 0 Å². The molecule has 4 rings (SSSR count). The molecule has 0 spiro atoms. The van der Waals surface area contributed by atoms with Gasteiger partial charge < -0.3 is 20.4 Å². The lowest BCUT2D eigenvalue weighted by Crippen LogP contribution is -2.45. The summed E-state index contributed by atoms with van der Waals surface area (Å²) in [6, 6.07) is 2.37. The Morgan fingerprint density at radius 2 is 1.86 bits per heavy atom. The van der Waals surface area contributed by atoms with Crippen LogP contribution < -0.4 is 10.6 Å². The molecule has 3 aliphatic rings. The molecule has 0 aromatic carbocycles. The molecule has 1 aromatic heterocycles. The van der Waals surface area contributed by atoms with Crippen LogP contribution in [0.2, 0.25) is 0 Å². The van der Waals surface area contributed by atoms with Crippen molar-refractivity contribution in [1.82, 2.24) is 20.1 Å². The summed E-state index contributed by atoms with van der Waals surface area (Å²) in [7, 11) is 3.54. The summed E-state index contributed by atoms with van der Waals surface area (Å²) in [5.41, 5.74) is 2.73. The Balaban J connectivity index is 1.49. The van der Waals surface area contributed by atoms with Crippen molar-refractivity contribution in [2.45, 2.75) is 57.4 Å². The number of nitrogens with one attached hydrogen (secondary N) is 2. The third-order valence-electron chi connectivity index (χ3n) is 6.32. The highest BCUT2D eigenvalue weighted by molar-refractivity contribution is 5.98. The highest BCUT2D eigenvalue weighted by Gasteiger charge is 2.26. The Morgan fingerprint density at radius 3 is 2.55 bits per heavy atom. The molecule has 1 aromatic rings. The predicted molar refractivity (Wildman–Crippen MR) is 113 cm³/mol. The molecule has 158 valence electrons. The first kappa shape index (κ1) is 20.0. The van der Waals surface area contributed by atoms with Crippen LogP contribution in [0.15, 0.2) is 6.07 Å². The van der Waals surface area contributed by atoms with Crippen molar-refractivity contribution < 1.29 is 9.59 Å². The van der Waals surface area contributed by atoms with Gasteiger partial charge in [0, 0.05) is 51.9 Å². The number of rotatable bonds is 5. The number of amides is 3. The Morgan fingerprint density at radius 1 is 1.14 bits per heavy atom. The predicted octanol–water partition coefficient (Wildman–Crippen LogP) is 2.66. The molecular formula is C22H33N5O2. The highest BCUT2D eigenvalue weighted by atomic mass is 16.2. The number of hydrogen-bond donors (Lipinski definition) is 2. The van der Waals surface area contributed by atoms with Gasteiger partial charge in [-0.1, -0.05) is 12.8 Å². The highest BCUT2D eigenvalue weighted by Crippen LogP contribution is 2.30. The second-order valence-corrected chi connectivity index (χ2v) is 8.93. The van der Waals surface area contributed by atoms with Gasteiger partial charge in [0.05, 0.1) is 5.56 Å². The van der Waals surface area contributed by atoms with E-state index in [2.05, 4.69) is 10.6 Å². The number of nitrogens with zero attached hydrogens (tertiary/aromatic N) is 3. The molecule has 29 heavy (non-hydrogen) atoms. The minimum atomic E-state index is -0.0290. The number of anilines is 1. The van der Waals surface area contributed by atoms with E-state index in [9.17, 15) is 9.59 Å². The van der Waals surface area contributed by atoms with Gasteiger partial charge in [-0.3, -0.25) is 4.79 Å². The smallest absolute Gasteiger partial charge is 0.317 e. The van der Waals surface area contributed by atoms with E-state index in [-0.39, 0.29) is 11.9 Å². The summed E-state index contributed by atoms with van der Waals surface area (Å²) in [5, 5.41) is 6.60. The second kappa shape index (κ2) is 8.59. The lowest BCUT2D eigenvalue weighted by molar-refractivity contribution is 0.0828. The van der Waals surface area contributed by atoms with Crippen molar-refractivity contribution in [2.75, 3.05) is 39.0 Å². The van der Waals surface area contributed by atoms with Gasteiger partial charge in [0.2, 0.25) is 0 Å². The lowest BCUT2D eigenvalue weighted by Gasteiger charge is -2.23. The van der Waals surface area contributed by atoms with Crippen molar-refractivity contribution in [2.24, 2.45) is 5.92 Å². The summed E-state index contributed by atoms with van der Waals surface area (Å²) in [6.45, 7) is 2.20. The van der Waals surface area contributed by atoms with Gasteiger partial charge in [0.15, 0.2) is 0 Å². The molecule has 0 saturated heterocycles. The maximum atomic E-state index is 12.7. The molecule has 2 aliphatic carbocycles. The SMILES string of the molecule is CN(C)C(=O)c1cc2c(nc1NCC1CC1)CCN(C(=O)NC1CCCC1)CC2. The van der Waals surface area contributed by atoms with Crippen LogP contribution in [0, 0.1) is 5.92 Å². The van der Waals surface area contributed by atoms with E-state index in [0.29, 0.717) is 36.4 Å². The van der Waals surface area contributed by atoms with Crippen molar-refractivity contribution in [1.29, 1.82) is 0 Å². The summed E-state index contributed by atoms with van der Waals surface area (Å²) < 4.78 is 0. The molecule has 0 unspecified atom stereocenters.